The van der Waals surface area contributed by atoms with Gasteiger partial charge in [0.25, 0.3) is 5.91 Å². The van der Waals surface area contributed by atoms with Crippen molar-refractivity contribution in [1.82, 2.24) is 9.62 Å². The fourth-order valence-electron chi connectivity index (χ4n) is 4.29. The molecule has 2 aliphatic rings. The summed E-state index contributed by atoms with van der Waals surface area (Å²) < 4.78 is 60.2. The van der Waals surface area contributed by atoms with Gasteiger partial charge < -0.3 is 10.1 Å². The van der Waals surface area contributed by atoms with Crippen molar-refractivity contribution in [1.29, 1.82) is 0 Å². The molecule has 2 aromatic carbocycles. The molecule has 9 heteroatoms. The molecular formula is C22H24F2N2O4S. The van der Waals surface area contributed by atoms with Crippen molar-refractivity contribution in [3.05, 3.63) is 65.2 Å². The predicted octanol–water partition coefficient (Wildman–Crippen LogP) is 3.19. The van der Waals surface area contributed by atoms with Crippen LogP contribution in [0.15, 0.2) is 47.4 Å². The van der Waals surface area contributed by atoms with E-state index >= 15 is 0 Å². The number of nitrogens with zero attached hydrogens (tertiary/aromatic N) is 1. The normalized spacial score (nSPS) is 19.3. The number of rotatable bonds is 5. The monoisotopic (exact) mass is 450 g/mol. The maximum Gasteiger partial charge on any atom is 0.254 e. The molecule has 1 saturated heterocycles. The SMILES string of the molecule is O=C(NC1(c2ccc(F)cc2)CCCC1)c1cc(S(=O)(=O)N2CCOCC2)ccc1F. The third-order valence-corrected chi connectivity index (χ3v) is 7.89. The lowest BCUT2D eigenvalue weighted by Crippen LogP contribution is -2.44. The highest BCUT2D eigenvalue weighted by molar-refractivity contribution is 7.89. The highest BCUT2D eigenvalue weighted by Crippen LogP contribution is 2.39. The Balaban J connectivity index is 1.63. The second-order valence-electron chi connectivity index (χ2n) is 7.91. The Labute approximate surface area is 180 Å². The van der Waals surface area contributed by atoms with Gasteiger partial charge in [-0.25, -0.2) is 17.2 Å². The lowest BCUT2D eigenvalue weighted by atomic mass is 9.87. The highest BCUT2D eigenvalue weighted by Gasteiger charge is 2.38. The molecule has 1 N–H and O–H groups in total. The van der Waals surface area contributed by atoms with Crippen LogP contribution in [0.1, 0.15) is 41.6 Å². The van der Waals surface area contributed by atoms with E-state index in [1.165, 1.54) is 22.5 Å². The molecule has 1 amide bonds. The number of carbonyl (C=O) groups excluding carboxylic acids is 1. The average Bonchev–Trinajstić information content (AvgIpc) is 3.24. The number of hydrogen-bond acceptors (Lipinski definition) is 4. The molecule has 0 bridgehead atoms. The van der Waals surface area contributed by atoms with Crippen molar-refractivity contribution in [2.24, 2.45) is 0 Å². The van der Waals surface area contributed by atoms with Gasteiger partial charge in [0.05, 0.1) is 29.2 Å². The average molecular weight is 451 g/mol. The largest absolute Gasteiger partial charge is 0.379 e. The molecule has 1 aliphatic carbocycles. The Kier molecular flexibility index (Phi) is 6.09. The number of halogens is 2. The number of sulfonamides is 1. The van der Waals surface area contributed by atoms with E-state index in [4.69, 9.17) is 4.74 Å². The summed E-state index contributed by atoms with van der Waals surface area (Å²) in [6, 6.07) is 9.16. The zero-order chi connectivity index (χ0) is 22.1. The first-order valence-corrected chi connectivity index (χ1v) is 11.7. The van der Waals surface area contributed by atoms with Crippen LogP contribution in [0.25, 0.3) is 0 Å². The molecule has 4 rings (SSSR count). The first-order chi connectivity index (χ1) is 14.8. The zero-order valence-corrected chi connectivity index (χ0v) is 17.8. The van der Waals surface area contributed by atoms with Gasteiger partial charge >= 0.3 is 0 Å². The summed E-state index contributed by atoms with van der Waals surface area (Å²) in [4.78, 5) is 12.9. The van der Waals surface area contributed by atoms with Gasteiger partial charge in [-0.05, 0) is 48.7 Å². The topological polar surface area (TPSA) is 75.7 Å². The van der Waals surface area contributed by atoms with Crippen molar-refractivity contribution in [2.75, 3.05) is 26.3 Å². The third kappa shape index (κ3) is 4.35. The van der Waals surface area contributed by atoms with E-state index in [0.717, 1.165) is 30.5 Å². The molecule has 166 valence electrons. The van der Waals surface area contributed by atoms with Crippen molar-refractivity contribution in [3.63, 3.8) is 0 Å². The Morgan fingerprint density at radius 2 is 1.65 bits per heavy atom. The number of morpholine rings is 1. The molecule has 0 aromatic heterocycles. The maximum absolute atomic E-state index is 14.6. The Morgan fingerprint density at radius 1 is 1.00 bits per heavy atom. The first kappa shape index (κ1) is 21.9. The van der Waals surface area contributed by atoms with Crippen LogP contribution in [0.4, 0.5) is 8.78 Å². The van der Waals surface area contributed by atoms with Crippen LogP contribution in [0.2, 0.25) is 0 Å². The van der Waals surface area contributed by atoms with E-state index in [9.17, 15) is 22.0 Å². The molecule has 0 atom stereocenters. The van der Waals surface area contributed by atoms with Gasteiger partial charge in [-0.15, -0.1) is 0 Å². The summed E-state index contributed by atoms with van der Waals surface area (Å²) in [5.41, 5.74) is -0.323. The van der Waals surface area contributed by atoms with Crippen LogP contribution < -0.4 is 5.32 Å². The molecule has 0 radical (unpaired) electrons. The van der Waals surface area contributed by atoms with E-state index in [2.05, 4.69) is 5.32 Å². The minimum atomic E-state index is -3.87. The van der Waals surface area contributed by atoms with Gasteiger partial charge in [0.1, 0.15) is 11.6 Å². The third-order valence-electron chi connectivity index (χ3n) is 6.00. The molecule has 31 heavy (non-hydrogen) atoms. The smallest absolute Gasteiger partial charge is 0.254 e. The molecule has 1 saturated carbocycles. The number of hydrogen-bond donors (Lipinski definition) is 1. The maximum atomic E-state index is 14.6. The fraction of sp³-hybridized carbons (Fsp3) is 0.409. The van der Waals surface area contributed by atoms with Crippen LogP contribution >= 0.6 is 0 Å². The summed E-state index contributed by atoms with van der Waals surface area (Å²) in [6.07, 6.45) is 3.01. The number of carbonyl (C=O) groups is 1. The summed E-state index contributed by atoms with van der Waals surface area (Å²) in [5, 5.41) is 2.91. The second-order valence-corrected chi connectivity index (χ2v) is 9.85. The van der Waals surface area contributed by atoms with Gasteiger partial charge in [-0.1, -0.05) is 25.0 Å². The molecule has 0 spiro atoms. The van der Waals surface area contributed by atoms with Crippen LogP contribution in [0.5, 0.6) is 0 Å². The van der Waals surface area contributed by atoms with Gasteiger partial charge in [0.15, 0.2) is 0 Å². The summed E-state index contributed by atoms with van der Waals surface area (Å²) in [7, 11) is -3.87. The number of benzene rings is 2. The molecule has 2 aromatic rings. The fourth-order valence-corrected chi connectivity index (χ4v) is 5.73. The summed E-state index contributed by atoms with van der Waals surface area (Å²) in [6.45, 7) is 0.978. The standard InChI is InChI=1S/C22H24F2N2O4S/c23-17-5-3-16(4-6-17)22(9-1-2-10-22)25-21(27)19-15-18(7-8-20(19)24)31(28,29)26-11-13-30-14-12-26/h3-8,15H,1-2,9-14H2,(H,25,27). The highest BCUT2D eigenvalue weighted by atomic mass is 32.2. The first-order valence-electron chi connectivity index (χ1n) is 10.3. The van der Waals surface area contributed by atoms with Crippen LogP contribution in [0.3, 0.4) is 0 Å². The van der Waals surface area contributed by atoms with E-state index in [0.29, 0.717) is 12.8 Å². The van der Waals surface area contributed by atoms with Crippen LogP contribution in [0, 0.1) is 11.6 Å². The van der Waals surface area contributed by atoms with Crippen molar-refractivity contribution >= 4 is 15.9 Å². The number of ether oxygens (including phenoxy) is 1. The van der Waals surface area contributed by atoms with Gasteiger partial charge in [0.2, 0.25) is 10.0 Å². The molecule has 6 nitrogen and oxygen atoms in total. The van der Waals surface area contributed by atoms with E-state index in [1.54, 1.807) is 12.1 Å². The van der Waals surface area contributed by atoms with E-state index in [1.807, 2.05) is 0 Å². The van der Waals surface area contributed by atoms with E-state index < -0.39 is 27.3 Å². The van der Waals surface area contributed by atoms with Gasteiger partial charge in [0, 0.05) is 13.1 Å². The molecule has 1 aliphatic heterocycles. The quantitative estimate of drug-likeness (QED) is 0.759. The lowest BCUT2D eigenvalue weighted by molar-refractivity contribution is 0.0730. The molecule has 2 fully saturated rings. The minimum absolute atomic E-state index is 0.136. The van der Waals surface area contributed by atoms with Crippen molar-refractivity contribution in [2.45, 2.75) is 36.1 Å². The molecular weight excluding hydrogens is 426 g/mol. The number of amides is 1. The lowest BCUT2D eigenvalue weighted by Gasteiger charge is -2.31. The van der Waals surface area contributed by atoms with E-state index in [-0.39, 0.29) is 42.6 Å². The second kappa shape index (κ2) is 8.64. The van der Waals surface area contributed by atoms with Crippen molar-refractivity contribution < 1.29 is 26.7 Å². The van der Waals surface area contributed by atoms with Crippen LogP contribution in [-0.2, 0) is 20.3 Å². The Hall–Kier alpha value is -2.36. The van der Waals surface area contributed by atoms with Gasteiger partial charge in [-0.2, -0.15) is 4.31 Å². The zero-order valence-electron chi connectivity index (χ0n) is 16.9. The minimum Gasteiger partial charge on any atom is -0.379 e. The molecule has 0 unspecified atom stereocenters. The summed E-state index contributed by atoms with van der Waals surface area (Å²) >= 11 is 0. The summed E-state index contributed by atoms with van der Waals surface area (Å²) in [5.74, 6) is -1.87. The van der Waals surface area contributed by atoms with Crippen LogP contribution in [-0.4, -0.2) is 44.9 Å². The van der Waals surface area contributed by atoms with Crippen molar-refractivity contribution in [3.8, 4) is 0 Å². The number of nitrogens with one attached hydrogen (secondary N) is 1. The Morgan fingerprint density at radius 3 is 2.29 bits per heavy atom. The predicted molar refractivity (Wildman–Crippen MR) is 110 cm³/mol. The molecule has 1 heterocycles. The van der Waals surface area contributed by atoms with Gasteiger partial charge in [-0.3, -0.25) is 4.79 Å². The Bertz CT molecular complexity index is 1060.